The minimum Gasteiger partial charge on any atom is -0.463 e. The topological polar surface area (TPSA) is 91.2 Å². The molecule has 2 N–H and O–H groups in total. The van der Waals surface area contributed by atoms with E-state index in [1.165, 1.54) is 6.92 Å². The number of thiophene rings is 1. The van der Waals surface area contributed by atoms with E-state index >= 15 is 0 Å². The Morgan fingerprint density at radius 1 is 1.25 bits per heavy atom. The third kappa shape index (κ3) is 4.95. The van der Waals surface area contributed by atoms with Crippen LogP contribution in [0.5, 0.6) is 0 Å². The molecule has 156 valence electrons. The Morgan fingerprint density at radius 3 is 2.36 bits per heavy atom. The number of nitrogens with one attached hydrogen (secondary N) is 2. The minimum absolute atomic E-state index is 0.0192. The Morgan fingerprint density at radius 2 is 1.89 bits per heavy atom. The molecule has 10 heteroatoms. The van der Waals surface area contributed by atoms with Crippen LogP contribution in [0, 0.1) is 18.3 Å². The summed E-state index contributed by atoms with van der Waals surface area (Å²) in [5.74, 6) is -2.62. The van der Waals surface area contributed by atoms with Crippen molar-refractivity contribution in [2.75, 3.05) is 11.9 Å². The molecule has 0 saturated carbocycles. The second-order valence-corrected chi connectivity index (χ2v) is 7.28. The lowest BCUT2D eigenvalue weighted by Gasteiger charge is -2.35. The molecular weight excluding hydrogens is 395 g/mol. The lowest BCUT2D eigenvalue weighted by molar-refractivity contribution is -0.207. The van der Waals surface area contributed by atoms with Gasteiger partial charge in [-0.25, -0.2) is 4.79 Å². The SMILES string of the molecule is CCCCC(=O)N[C@](Nc1sc(C)c(CC)c1C#N)(C(=O)OCC)C(F)(F)F. The van der Waals surface area contributed by atoms with Gasteiger partial charge in [-0.05, 0) is 32.3 Å². The number of aryl methyl sites for hydroxylation is 1. The number of esters is 1. The number of carbonyl (C=O) groups excluding carboxylic acids is 2. The summed E-state index contributed by atoms with van der Waals surface area (Å²) in [6.07, 6.45) is -3.98. The second kappa shape index (κ2) is 9.78. The summed E-state index contributed by atoms with van der Waals surface area (Å²) in [6, 6.07) is 1.88. The Bertz CT molecular complexity index is 756. The molecule has 1 heterocycles. The average Bonchev–Trinajstić information content (AvgIpc) is 2.92. The van der Waals surface area contributed by atoms with E-state index < -0.39 is 23.7 Å². The first-order chi connectivity index (χ1) is 13.1. The van der Waals surface area contributed by atoms with Crippen molar-refractivity contribution in [3.8, 4) is 6.07 Å². The third-order valence-electron chi connectivity index (χ3n) is 4.07. The molecule has 0 aliphatic heterocycles. The summed E-state index contributed by atoms with van der Waals surface area (Å²) in [6.45, 7) is 6.29. The number of amides is 1. The summed E-state index contributed by atoms with van der Waals surface area (Å²) >= 11 is 0.921. The Labute approximate surface area is 166 Å². The van der Waals surface area contributed by atoms with Gasteiger partial charge in [-0.3, -0.25) is 4.79 Å². The number of rotatable bonds is 9. The number of anilines is 1. The van der Waals surface area contributed by atoms with Crippen LogP contribution in [0.2, 0.25) is 0 Å². The maximum atomic E-state index is 14.1. The van der Waals surface area contributed by atoms with E-state index in [-0.39, 0.29) is 23.6 Å². The van der Waals surface area contributed by atoms with E-state index in [2.05, 4.69) is 10.1 Å². The fraction of sp³-hybridized carbons (Fsp3) is 0.611. The molecule has 1 rings (SSSR count). The van der Waals surface area contributed by atoms with Gasteiger partial charge in [0, 0.05) is 11.3 Å². The summed E-state index contributed by atoms with van der Waals surface area (Å²) in [4.78, 5) is 25.2. The van der Waals surface area contributed by atoms with Crippen LogP contribution in [0.4, 0.5) is 18.2 Å². The molecule has 0 spiro atoms. The van der Waals surface area contributed by atoms with Gasteiger partial charge in [0.05, 0.1) is 12.2 Å². The van der Waals surface area contributed by atoms with Crippen molar-refractivity contribution in [1.29, 1.82) is 5.26 Å². The monoisotopic (exact) mass is 419 g/mol. The molecule has 6 nitrogen and oxygen atoms in total. The van der Waals surface area contributed by atoms with Crippen LogP contribution in [-0.4, -0.2) is 30.3 Å². The van der Waals surface area contributed by atoms with Gasteiger partial charge in [0.25, 0.3) is 0 Å². The van der Waals surface area contributed by atoms with Crippen LogP contribution in [0.15, 0.2) is 0 Å². The van der Waals surface area contributed by atoms with Crippen LogP contribution < -0.4 is 10.6 Å². The Hall–Kier alpha value is -2.28. The molecule has 0 aromatic carbocycles. The number of ether oxygens (including phenoxy) is 1. The first-order valence-electron chi connectivity index (χ1n) is 8.93. The van der Waals surface area contributed by atoms with Crippen molar-refractivity contribution in [2.24, 2.45) is 0 Å². The fourth-order valence-corrected chi connectivity index (χ4v) is 3.77. The van der Waals surface area contributed by atoms with Gasteiger partial charge < -0.3 is 15.4 Å². The summed E-state index contributed by atoms with van der Waals surface area (Å²) in [5, 5.41) is 13.2. The molecule has 28 heavy (non-hydrogen) atoms. The molecule has 0 aliphatic carbocycles. The lowest BCUT2D eigenvalue weighted by Crippen LogP contribution is -2.69. The highest BCUT2D eigenvalue weighted by atomic mass is 32.1. The smallest absolute Gasteiger partial charge is 0.441 e. The summed E-state index contributed by atoms with van der Waals surface area (Å²) < 4.78 is 46.9. The number of nitriles is 1. The fourth-order valence-electron chi connectivity index (χ4n) is 2.62. The van der Waals surface area contributed by atoms with Gasteiger partial charge in [-0.15, -0.1) is 11.3 Å². The highest BCUT2D eigenvalue weighted by Crippen LogP contribution is 2.39. The normalized spacial score (nSPS) is 13.4. The molecule has 1 atom stereocenters. The predicted octanol–water partition coefficient (Wildman–Crippen LogP) is 4.03. The molecule has 0 fully saturated rings. The first-order valence-corrected chi connectivity index (χ1v) is 9.74. The number of alkyl halides is 3. The third-order valence-corrected chi connectivity index (χ3v) is 5.13. The summed E-state index contributed by atoms with van der Waals surface area (Å²) in [7, 11) is 0. The van der Waals surface area contributed by atoms with Crippen molar-refractivity contribution in [3.05, 3.63) is 16.0 Å². The van der Waals surface area contributed by atoms with Gasteiger partial charge in [0.1, 0.15) is 11.1 Å². The lowest BCUT2D eigenvalue weighted by atomic mass is 10.1. The summed E-state index contributed by atoms with van der Waals surface area (Å²) in [5.41, 5.74) is -2.88. The van der Waals surface area contributed by atoms with E-state index in [1.807, 2.05) is 6.07 Å². The molecule has 0 aliphatic rings. The van der Waals surface area contributed by atoms with Gasteiger partial charge in [-0.1, -0.05) is 20.3 Å². The van der Waals surface area contributed by atoms with Crippen molar-refractivity contribution >= 4 is 28.2 Å². The van der Waals surface area contributed by atoms with Gasteiger partial charge >= 0.3 is 17.8 Å². The zero-order chi connectivity index (χ0) is 21.5. The van der Waals surface area contributed by atoms with Crippen molar-refractivity contribution in [2.45, 2.75) is 65.2 Å². The standard InChI is InChI=1S/C18H24F3N3O3S/c1-5-8-9-14(25)23-17(18(19,20)21,16(26)27-7-3)24-15-13(10-22)12(6-2)11(4)28-15/h24H,5-9H2,1-4H3,(H,23,25)/t17-/m0/s1. The highest BCUT2D eigenvalue weighted by molar-refractivity contribution is 7.16. The van der Waals surface area contributed by atoms with Crippen LogP contribution in [0.3, 0.4) is 0 Å². The average molecular weight is 419 g/mol. The molecule has 0 saturated heterocycles. The predicted molar refractivity (Wildman–Crippen MR) is 99.9 cm³/mol. The molecule has 1 aromatic heterocycles. The van der Waals surface area contributed by atoms with E-state index in [1.54, 1.807) is 26.1 Å². The minimum atomic E-state index is -5.21. The van der Waals surface area contributed by atoms with E-state index in [9.17, 15) is 28.0 Å². The van der Waals surface area contributed by atoms with Crippen LogP contribution in [0.25, 0.3) is 0 Å². The molecule has 0 unspecified atom stereocenters. The number of hydrogen-bond donors (Lipinski definition) is 2. The Kier molecular flexibility index (Phi) is 8.29. The van der Waals surface area contributed by atoms with Crippen LogP contribution >= 0.6 is 11.3 Å². The van der Waals surface area contributed by atoms with Gasteiger partial charge in [0.2, 0.25) is 5.91 Å². The van der Waals surface area contributed by atoms with Crippen LogP contribution in [0.1, 0.15) is 56.0 Å². The number of halogens is 3. The highest BCUT2D eigenvalue weighted by Gasteiger charge is 2.64. The quantitative estimate of drug-likeness (QED) is 0.466. The number of carbonyl (C=O) groups is 2. The largest absolute Gasteiger partial charge is 0.463 e. The zero-order valence-corrected chi connectivity index (χ0v) is 17.1. The molecule has 1 amide bonds. The molecular formula is C18H24F3N3O3S. The Balaban J connectivity index is 3.51. The van der Waals surface area contributed by atoms with E-state index in [0.717, 1.165) is 11.3 Å². The zero-order valence-electron chi connectivity index (χ0n) is 16.2. The van der Waals surface area contributed by atoms with Gasteiger partial charge in [-0.2, -0.15) is 18.4 Å². The molecule has 0 radical (unpaired) electrons. The van der Waals surface area contributed by atoms with Crippen molar-refractivity contribution in [3.63, 3.8) is 0 Å². The van der Waals surface area contributed by atoms with E-state index in [4.69, 9.17) is 0 Å². The molecule has 0 bridgehead atoms. The maximum Gasteiger partial charge on any atom is 0.441 e. The number of hydrogen-bond acceptors (Lipinski definition) is 6. The van der Waals surface area contributed by atoms with E-state index in [0.29, 0.717) is 29.7 Å². The first kappa shape index (κ1) is 23.8. The second-order valence-electron chi connectivity index (χ2n) is 6.05. The maximum absolute atomic E-state index is 14.1. The molecule has 1 aromatic rings. The van der Waals surface area contributed by atoms with Gasteiger partial charge in [0.15, 0.2) is 0 Å². The van der Waals surface area contributed by atoms with Crippen molar-refractivity contribution in [1.82, 2.24) is 5.32 Å². The number of unbranched alkanes of at least 4 members (excludes halogenated alkanes) is 1. The van der Waals surface area contributed by atoms with Crippen LogP contribution in [-0.2, 0) is 20.7 Å². The number of nitrogens with zero attached hydrogens (tertiary/aromatic N) is 1. The van der Waals surface area contributed by atoms with Crippen molar-refractivity contribution < 1.29 is 27.5 Å².